The second kappa shape index (κ2) is 4.58. The Morgan fingerprint density at radius 2 is 1.92 bits per heavy atom. The summed E-state index contributed by atoms with van der Waals surface area (Å²) in [4.78, 5) is 11.3. The molecule has 0 aromatic rings. The number of ether oxygens (including phenoxy) is 1. The molecule has 0 aromatic heterocycles. The number of rotatable bonds is 3. The summed E-state index contributed by atoms with van der Waals surface area (Å²) in [5.41, 5.74) is -1.28. The Balaban J connectivity index is 2.42. The third-order valence-electron chi connectivity index (χ3n) is 2.39. The molecule has 1 aliphatic carbocycles. The molecule has 1 fully saturated rings. The van der Waals surface area contributed by atoms with Gasteiger partial charge >= 0.3 is 5.97 Å². The maximum absolute atomic E-state index is 11.3. The van der Waals surface area contributed by atoms with Crippen molar-refractivity contribution in [1.29, 1.82) is 0 Å². The fourth-order valence-corrected chi connectivity index (χ4v) is 1.61. The molecule has 0 amide bonds. The summed E-state index contributed by atoms with van der Waals surface area (Å²) < 4.78 is 4.69. The van der Waals surface area contributed by atoms with Crippen molar-refractivity contribution in [3.63, 3.8) is 0 Å². The maximum Gasteiger partial charge on any atom is 0.338 e. The third kappa shape index (κ3) is 2.67. The monoisotopic (exact) mass is 188 g/mol. The smallest absolute Gasteiger partial charge is 0.338 e. The summed E-state index contributed by atoms with van der Waals surface area (Å²) >= 11 is 0. The van der Waals surface area contributed by atoms with E-state index in [2.05, 4.69) is 0 Å². The summed E-state index contributed by atoms with van der Waals surface area (Å²) in [6.07, 6.45) is 3.76. The van der Waals surface area contributed by atoms with Gasteiger partial charge in [-0.05, 0) is 25.7 Å². The molecule has 4 heteroatoms. The summed E-state index contributed by atoms with van der Waals surface area (Å²) in [6, 6.07) is 0. The van der Waals surface area contributed by atoms with E-state index in [9.17, 15) is 9.90 Å². The van der Waals surface area contributed by atoms with Crippen LogP contribution < -0.4 is 0 Å². The van der Waals surface area contributed by atoms with Crippen molar-refractivity contribution in [2.75, 3.05) is 13.2 Å². The Morgan fingerprint density at radius 3 is 2.46 bits per heavy atom. The van der Waals surface area contributed by atoms with Crippen LogP contribution in [0.4, 0.5) is 0 Å². The molecule has 0 saturated heterocycles. The topological polar surface area (TPSA) is 66.8 Å². The number of aliphatic hydroxyl groups excluding tert-OH is 1. The molecule has 1 aliphatic rings. The van der Waals surface area contributed by atoms with E-state index in [4.69, 9.17) is 9.84 Å². The number of aliphatic hydroxyl groups is 2. The minimum atomic E-state index is -1.28. The van der Waals surface area contributed by atoms with Crippen molar-refractivity contribution in [2.24, 2.45) is 0 Å². The lowest BCUT2D eigenvalue weighted by atomic mass is 9.85. The number of carbonyl (C=O) groups is 1. The minimum Gasteiger partial charge on any atom is -0.461 e. The van der Waals surface area contributed by atoms with Gasteiger partial charge in [0.05, 0.1) is 6.61 Å². The molecule has 2 N–H and O–H groups in total. The summed E-state index contributed by atoms with van der Waals surface area (Å²) in [6.45, 7) is -0.219. The predicted octanol–water partition coefficient (Wildman–Crippen LogP) is 0.217. The summed E-state index contributed by atoms with van der Waals surface area (Å²) in [5, 5.41) is 18.2. The van der Waals surface area contributed by atoms with E-state index in [1.807, 2.05) is 0 Å². The molecule has 1 saturated carbocycles. The van der Waals surface area contributed by atoms with Crippen molar-refractivity contribution in [3.05, 3.63) is 0 Å². The van der Waals surface area contributed by atoms with E-state index in [0.717, 1.165) is 19.3 Å². The van der Waals surface area contributed by atoms with Gasteiger partial charge in [-0.15, -0.1) is 0 Å². The first kappa shape index (κ1) is 10.5. The average molecular weight is 188 g/mol. The van der Waals surface area contributed by atoms with Crippen LogP contribution in [0.2, 0.25) is 0 Å². The highest BCUT2D eigenvalue weighted by atomic mass is 16.6. The molecule has 0 atom stereocenters. The molecule has 0 radical (unpaired) electrons. The number of hydrogen-bond donors (Lipinski definition) is 2. The van der Waals surface area contributed by atoms with Crippen molar-refractivity contribution in [1.82, 2.24) is 0 Å². The largest absolute Gasteiger partial charge is 0.461 e. The lowest BCUT2D eigenvalue weighted by Gasteiger charge is -2.29. The van der Waals surface area contributed by atoms with Crippen LogP contribution in [0, 0.1) is 0 Å². The van der Waals surface area contributed by atoms with E-state index < -0.39 is 11.6 Å². The molecule has 76 valence electrons. The first-order valence-corrected chi connectivity index (χ1v) is 4.69. The lowest BCUT2D eigenvalue weighted by Crippen LogP contribution is -2.42. The predicted molar refractivity (Wildman–Crippen MR) is 46.1 cm³/mol. The zero-order chi connectivity index (χ0) is 9.73. The Labute approximate surface area is 77.5 Å². The normalized spacial score (nSPS) is 21.1. The van der Waals surface area contributed by atoms with E-state index in [-0.39, 0.29) is 13.2 Å². The van der Waals surface area contributed by atoms with Crippen molar-refractivity contribution < 1.29 is 19.7 Å². The molecule has 4 nitrogen and oxygen atoms in total. The molecular formula is C9H16O4. The molecule has 0 aromatic carbocycles. The molecule has 0 spiro atoms. The first-order chi connectivity index (χ1) is 6.19. The van der Waals surface area contributed by atoms with Gasteiger partial charge < -0.3 is 14.9 Å². The Kier molecular flexibility index (Phi) is 3.69. The molecule has 0 unspecified atom stereocenters. The van der Waals surface area contributed by atoms with Crippen LogP contribution in [-0.4, -0.2) is 35.0 Å². The molecule has 13 heavy (non-hydrogen) atoms. The second-order valence-corrected chi connectivity index (χ2v) is 3.45. The van der Waals surface area contributed by atoms with Gasteiger partial charge in [-0.25, -0.2) is 4.79 Å². The maximum atomic E-state index is 11.3. The number of esters is 1. The van der Waals surface area contributed by atoms with Crippen LogP contribution in [0.1, 0.15) is 32.1 Å². The van der Waals surface area contributed by atoms with Crippen LogP contribution in [0.5, 0.6) is 0 Å². The molecule has 1 rings (SSSR count). The average Bonchev–Trinajstić information content (AvgIpc) is 2.15. The van der Waals surface area contributed by atoms with E-state index in [1.165, 1.54) is 0 Å². The van der Waals surface area contributed by atoms with Gasteiger partial charge in [0.25, 0.3) is 0 Å². The quantitative estimate of drug-likeness (QED) is 0.622. The fraction of sp³-hybridized carbons (Fsp3) is 0.889. The van der Waals surface area contributed by atoms with Crippen LogP contribution in [0.3, 0.4) is 0 Å². The van der Waals surface area contributed by atoms with Crippen LogP contribution in [0.25, 0.3) is 0 Å². The lowest BCUT2D eigenvalue weighted by molar-refractivity contribution is -0.169. The van der Waals surface area contributed by atoms with Crippen LogP contribution in [-0.2, 0) is 9.53 Å². The molecule has 0 heterocycles. The second-order valence-electron chi connectivity index (χ2n) is 3.45. The number of carbonyl (C=O) groups excluding carboxylic acids is 1. The van der Waals surface area contributed by atoms with Crippen molar-refractivity contribution in [2.45, 2.75) is 37.7 Å². The van der Waals surface area contributed by atoms with E-state index in [0.29, 0.717) is 12.8 Å². The zero-order valence-corrected chi connectivity index (χ0v) is 7.66. The van der Waals surface area contributed by atoms with Gasteiger partial charge in [-0.2, -0.15) is 0 Å². The SMILES string of the molecule is O=C(OCCO)C1(O)CCCCC1. The third-order valence-corrected chi connectivity index (χ3v) is 2.39. The molecule has 0 bridgehead atoms. The summed E-state index contributed by atoms with van der Waals surface area (Å²) in [5.74, 6) is -0.582. The standard InChI is InChI=1S/C9H16O4/c10-6-7-13-8(11)9(12)4-2-1-3-5-9/h10,12H,1-7H2. The highest BCUT2D eigenvalue weighted by Crippen LogP contribution is 2.28. The van der Waals surface area contributed by atoms with Gasteiger partial charge in [-0.3, -0.25) is 0 Å². The highest BCUT2D eigenvalue weighted by Gasteiger charge is 2.38. The van der Waals surface area contributed by atoms with Gasteiger partial charge in [0.1, 0.15) is 6.61 Å². The van der Waals surface area contributed by atoms with Crippen LogP contribution in [0.15, 0.2) is 0 Å². The van der Waals surface area contributed by atoms with Gasteiger partial charge in [-0.1, -0.05) is 6.42 Å². The van der Waals surface area contributed by atoms with Gasteiger partial charge in [0, 0.05) is 0 Å². The van der Waals surface area contributed by atoms with Gasteiger partial charge in [0.2, 0.25) is 0 Å². The fourth-order valence-electron chi connectivity index (χ4n) is 1.61. The zero-order valence-electron chi connectivity index (χ0n) is 7.66. The Hall–Kier alpha value is -0.610. The Morgan fingerprint density at radius 1 is 1.31 bits per heavy atom. The molecule has 0 aliphatic heterocycles. The summed E-state index contributed by atoms with van der Waals surface area (Å²) in [7, 11) is 0. The van der Waals surface area contributed by atoms with Crippen molar-refractivity contribution >= 4 is 5.97 Å². The molecular weight excluding hydrogens is 172 g/mol. The highest BCUT2D eigenvalue weighted by molar-refractivity contribution is 5.79. The minimum absolute atomic E-state index is 0.0266. The Bertz CT molecular complexity index is 172. The number of hydrogen-bond acceptors (Lipinski definition) is 4. The van der Waals surface area contributed by atoms with E-state index >= 15 is 0 Å². The van der Waals surface area contributed by atoms with Crippen LogP contribution >= 0.6 is 0 Å². The van der Waals surface area contributed by atoms with E-state index in [1.54, 1.807) is 0 Å². The van der Waals surface area contributed by atoms with Gasteiger partial charge in [0.15, 0.2) is 5.60 Å². The van der Waals surface area contributed by atoms with Crippen molar-refractivity contribution in [3.8, 4) is 0 Å². The first-order valence-electron chi connectivity index (χ1n) is 4.69.